The SMILES string of the molecule is CCNC(=NCc1cn2ccsc2n1)NCC(c1ccco1)N1CCCCC1.I. The zero-order chi connectivity index (χ0) is 19.2. The van der Waals surface area contributed by atoms with Crippen LogP contribution >= 0.6 is 35.3 Å². The molecule has 1 unspecified atom stereocenters. The molecular weight excluding hydrogens is 499 g/mol. The highest BCUT2D eigenvalue weighted by atomic mass is 127. The number of imidazole rings is 1. The molecule has 7 nitrogen and oxygen atoms in total. The van der Waals surface area contributed by atoms with Gasteiger partial charge in [-0.25, -0.2) is 9.98 Å². The summed E-state index contributed by atoms with van der Waals surface area (Å²) >= 11 is 1.64. The van der Waals surface area contributed by atoms with E-state index in [1.165, 1.54) is 19.3 Å². The number of halogens is 1. The first-order valence-electron chi connectivity index (χ1n) is 10.0. The fourth-order valence-electron chi connectivity index (χ4n) is 3.67. The Balaban J connectivity index is 0.00000240. The number of nitrogens with one attached hydrogen (secondary N) is 2. The summed E-state index contributed by atoms with van der Waals surface area (Å²) in [4.78, 5) is 12.9. The fraction of sp³-hybridized carbons (Fsp3) is 0.500. The Morgan fingerprint density at radius 2 is 2.17 bits per heavy atom. The maximum Gasteiger partial charge on any atom is 0.193 e. The molecule has 0 radical (unpaired) electrons. The van der Waals surface area contributed by atoms with Crippen molar-refractivity contribution >= 4 is 46.2 Å². The summed E-state index contributed by atoms with van der Waals surface area (Å²) in [5, 5.41) is 8.89. The summed E-state index contributed by atoms with van der Waals surface area (Å²) in [6.07, 6.45) is 9.65. The molecule has 4 heterocycles. The minimum Gasteiger partial charge on any atom is -0.468 e. The predicted molar refractivity (Wildman–Crippen MR) is 128 cm³/mol. The first kappa shape index (κ1) is 22.1. The van der Waals surface area contributed by atoms with E-state index in [4.69, 9.17) is 9.41 Å². The quantitative estimate of drug-likeness (QED) is 0.277. The number of guanidine groups is 1. The van der Waals surface area contributed by atoms with Crippen molar-refractivity contribution in [2.45, 2.75) is 38.8 Å². The molecule has 0 amide bonds. The highest BCUT2D eigenvalue weighted by Gasteiger charge is 2.24. The van der Waals surface area contributed by atoms with Gasteiger partial charge < -0.3 is 15.1 Å². The topological polar surface area (TPSA) is 70.1 Å². The standard InChI is InChI=1S/C20H28N6OS.HI/c1-2-21-19(22-13-16-15-26-10-12-28-20(26)24-16)23-14-17(18-7-6-11-27-18)25-8-4-3-5-9-25;/h6-7,10-12,15,17H,2-5,8-9,13-14H2,1H3,(H2,21,22,23);1H. The van der Waals surface area contributed by atoms with E-state index in [1.807, 2.05) is 28.2 Å². The van der Waals surface area contributed by atoms with Gasteiger partial charge in [0.15, 0.2) is 10.9 Å². The van der Waals surface area contributed by atoms with Gasteiger partial charge in [0.2, 0.25) is 0 Å². The van der Waals surface area contributed by atoms with Gasteiger partial charge in [-0.1, -0.05) is 6.42 Å². The van der Waals surface area contributed by atoms with Crippen molar-refractivity contribution in [3.8, 4) is 0 Å². The van der Waals surface area contributed by atoms with Gasteiger partial charge in [0.1, 0.15) is 5.76 Å². The van der Waals surface area contributed by atoms with Crippen LogP contribution in [-0.2, 0) is 6.54 Å². The van der Waals surface area contributed by atoms with Crippen molar-refractivity contribution in [2.24, 2.45) is 4.99 Å². The molecule has 2 N–H and O–H groups in total. The van der Waals surface area contributed by atoms with Crippen LogP contribution in [0.15, 0.2) is 45.6 Å². The highest BCUT2D eigenvalue weighted by Crippen LogP contribution is 2.24. The average Bonchev–Trinajstić information content (AvgIpc) is 3.45. The molecule has 29 heavy (non-hydrogen) atoms. The molecule has 4 rings (SSSR count). The number of aromatic nitrogens is 2. The Morgan fingerprint density at radius 3 is 2.90 bits per heavy atom. The monoisotopic (exact) mass is 528 g/mol. The number of hydrogen-bond acceptors (Lipinski definition) is 5. The van der Waals surface area contributed by atoms with E-state index in [0.29, 0.717) is 6.54 Å². The molecule has 158 valence electrons. The third-order valence-corrected chi connectivity index (χ3v) is 5.82. The van der Waals surface area contributed by atoms with Gasteiger partial charge in [-0.3, -0.25) is 9.30 Å². The van der Waals surface area contributed by atoms with Gasteiger partial charge >= 0.3 is 0 Å². The Kier molecular flexibility index (Phi) is 8.37. The molecule has 3 aromatic heterocycles. The second-order valence-corrected chi connectivity index (χ2v) is 7.90. The largest absolute Gasteiger partial charge is 0.468 e. The first-order valence-corrected chi connectivity index (χ1v) is 10.9. The smallest absolute Gasteiger partial charge is 0.193 e. The molecule has 0 aromatic carbocycles. The Bertz CT molecular complexity index is 855. The number of thiazole rings is 1. The number of likely N-dealkylation sites (tertiary alicyclic amines) is 1. The van der Waals surface area contributed by atoms with Crippen molar-refractivity contribution in [1.29, 1.82) is 0 Å². The van der Waals surface area contributed by atoms with Crippen LogP contribution in [0.1, 0.15) is 43.7 Å². The van der Waals surface area contributed by atoms with E-state index in [1.54, 1.807) is 17.6 Å². The molecule has 1 atom stereocenters. The first-order chi connectivity index (χ1) is 13.8. The van der Waals surface area contributed by atoms with Gasteiger partial charge in [-0.05, 0) is 45.0 Å². The fourth-order valence-corrected chi connectivity index (χ4v) is 4.39. The number of piperidine rings is 1. The van der Waals surface area contributed by atoms with E-state index in [-0.39, 0.29) is 30.0 Å². The normalized spacial score (nSPS) is 16.5. The average molecular weight is 528 g/mol. The molecule has 9 heteroatoms. The number of rotatable bonds is 7. The van der Waals surface area contributed by atoms with E-state index in [2.05, 4.69) is 33.5 Å². The maximum atomic E-state index is 5.74. The third-order valence-electron chi connectivity index (χ3n) is 5.05. The number of furan rings is 1. The Hall–Kier alpha value is -1.59. The van der Waals surface area contributed by atoms with Crippen molar-refractivity contribution in [3.63, 3.8) is 0 Å². The number of aliphatic imine (C=N–C) groups is 1. The van der Waals surface area contributed by atoms with Gasteiger partial charge in [-0.15, -0.1) is 35.3 Å². The Labute approximate surface area is 192 Å². The number of fused-ring (bicyclic) bond motifs is 1. The van der Waals surface area contributed by atoms with Crippen LogP contribution in [0.3, 0.4) is 0 Å². The summed E-state index contributed by atoms with van der Waals surface area (Å²) in [7, 11) is 0. The van der Waals surface area contributed by atoms with Crippen molar-refractivity contribution in [1.82, 2.24) is 24.9 Å². The lowest BCUT2D eigenvalue weighted by Crippen LogP contribution is -2.44. The third kappa shape index (κ3) is 5.73. The molecule has 0 spiro atoms. The molecule has 1 aliphatic rings. The lowest BCUT2D eigenvalue weighted by Gasteiger charge is -2.33. The van der Waals surface area contributed by atoms with Crippen molar-refractivity contribution in [2.75, 3.05) is 26.2 Å². The summed E-state index contributed by atoms with van der Waals surface area (Å²) < 4.78 is 7.78. The van der Waals surface area contributed by atoms with E-state index in [0.717, 1.165) is 48.6 Å². The second kappa shape index (κ2) is 11.0. The van der Waals surface area contributed by atoms with Gasteiger partial charge in [0.25, 0.3) is 0 Å². The molecule has 1 fully saturated rings. The summed E-state index contributed by atoms with van der Waals surface area (Å²) in [5.41, 5.74) is 0.975. The zero-order valence-electron chi connectivity index (χ0n) is 16.7. The van der Waals surface area contributed by atoms with E-state index in [9.17, 15) is 0 Å². The molecule has 0 bridgehead atoms. The van der Waals surface area contributed by atoms with Gasteiger partial charge in [-0.2, -0.15) is 0 Å². The number of nitrogens with zero attached hydrogens (tertiary/aromatic N) is 4. The maximum absolute atomic E-state index is 5.74. The summed E-state index contributed by atoms with van der Waals surface area (Å²) in [6, 6.07) is 4.26. The lowest BCUT2D eigenvalue weighted by molar-refractivity contribution is 0.146. The van der Waals surface area contributed by atoms with Crippen LogP contribution in [-0.4, -0.2) is 46.4 Å². The molecular formula is C20H29IN6OS. The molecule has 1 saturated heterocycles. The van der Waals surface area contributed by atoms with Crippen LogP contribution in [0.4, 0.5) is 0 Å². The van der Waals surface area contributed by atoms with Crippen molar-refractivity contribution < 1.29 is 4.42 Å². The van der Waals surface area contributed by atoms with Crippen LogP contribution < -0.4 is 10.6 Å². The molecule has 1 aliphatic heterocycles. The van der Waals surface area contributed by atoms with Gasteiger partial charge in [0.05, 0.1) is 24.5 Å². The van der Waals surface area contributed by atoms with Crippen LogP contribution in [0.5, 0.6) is 0 Å². The van der Waals surface area contributed by atoms with Crippen LogP contribution in [0.25, 0.3) is 4.96 Å². The van der Waals surface area contributed by atoms with Gasteiger partial charge in [0, 0.05) is 30.9 Å². The Morgan fingerprint density at radius 1 is 1.31 bits per heavy atom. The molecule has 0 saturated carbocycles. The number of hydrogen-bond donors (Lipinski definition) is 2. The van der Waals surface area contributed by atoms with Crippen LogP contribution in [0.2, 0.25) is 0 Å². The van der Waals surface area contributed by atoms with E-state index < -0.39 is 0 Å². The minimum absolute atomic E-state index is 0. The molecule has 0 aliphatic carbocycles. The molecule has 3 aromatic rings. The van der Waals surface area contributed by atoms with Crippen molar-refractivity contribution in [3.05, 3.63) is 47.6 Å². The highest BCUT2D eigenvalue weighted by molar-refractivity contribution is 14.0. The summed E-state index contributed by atoms with van der Waals surface area (Å²) in [6.45, 7) is 6.45. The zero-order valence-corrected chi connectivity index (χ0v) is 19.9. The lowest BCUT2D eigenvalue weighted by atomic mass is 10.1. The van der Waals surface area contributed by atoms with E-state index >= 15 is 0 Å². The second-order valence-electron chi connectivity index (χ2n) is 7.03. The predicted octanol–water partition coefficient (Wildman–Crippen LogP) is 3.89. The minimum atomic E-state index is 0. The van der Waals surface area contributed by atoms with Crippen LogP contribution in [0, 0.1) is 0 Å². The summed E-state index contributed by atoms with van der Waals surface area (Å²) in [5.74, 6) is 1.83.